The highest BCUT2D eigenvalue weighted by molar-refractivity contribution is 7.98. The van der Waals surface area contributed by atoms with Gasteiger partial charge in [0.25, 0.3) is 0 Å². The van der Waals surface area contributed by atoms with Crippen molar-refractivity contribution in [3.8, 4) is 5.69 Å². The Labute approximate surface area is 129 Å². The van der Waals surface area contributed by atoms with Crippen molar-refractivity contribution in [1.29, 1.82) is 0 Å². The fourth-order valence-electron chi connectivity index (χ4n) is 1.86. The zero-order chi connectivity index (χ0) is 15.5. The molecule has 0 amide bonds. The van der Waals surface area contributed by atoms with Crippen molar-refractivity contribution in [2.75, 3.05) is 5.73 Å². The van der Waals surface area contributed by atoms with Gasteiger partial charge in [0.2, 0.25) is 0 Å². The number of hydrogen-bond donors (Lipinski definition) is 1. The zero-order valence-corrected chi connectivity index (χ0v) is 12.1. The molecule has 0 spiro atoms. The third-order valence-electron chi connectivity index (χ3n) is 2.86. The van der Waals surface area contributed by atoms with Crippen LogP contribution in [0.2, 0.25) is 0 Å². The van der Waals surface area contributed by atoms with E-state index in [4.69, 9.17) is 5.73 Å². The number of hydrogen-bond acceptors (Lipinski definition) is 5. The quantitative estimate of drug-likeness (QED) is 0.749. The van der Waals surface area contributed by atoms with Crippen molar-refractivity contribution < 1.29 is 8.78 Å². The molecule has 0 unspecified atom stereocenters. The van der Waals surface area contributed by atoms with Crippen LogP contribution in [0.5, 0.6) is 0 Å². The van der Waals surface area contributed by atoms with Gasteiger partial charge in [0.05, 0.1) is 5.69 Å². The summed E-state index contributed by atoms with van der Waals surface area (Å²) in [7, 11) is 0. The maximum atomic E-state index is 13.7. The summed E-state index contributed by atoms with van der Waals surface area (Å²) >= 11 is 1.36. The Morgan fingerprint density at radius 3 is 2.55 bits per heavy atom. The molecule has 8 heteroatoms. The van der Waals surface area contributed by atoms with E-state index in [-0.39, 0.29) is 5.69 Å². The average Bonchev–Trinajstić information content (AvgIpc) is 2.95. The van der Waals surface area contributed by atoms with E-state index < -0.39 is 11.6 Å². The molecule has 3 aromatic rings. The number of nitrogen functional groups attached to an aromatic ring is 1. The molecule has 0 radical (unpaired) electrons. The number of nitrogens with two attached hydrogens (primary N) is 1. The molecule has 22 heavy (non-hydrogen) atoms. The average molecular weight is 319 g/mol. The van der Waals surface area contributed by atoms with Gasteiger partial charge in [-0.2, -0.15) is 5.10 Å². The number of halogens is 2. The summed E-state index contributed by atoms with van der Waals surface area (Å²) in [5, 5.41) is 4.77. The molecule has 0 fully saturated rings. The van der Waals surface area contributed by atoms with Crippen molar-refractivity contribution in [2.24, 2.45) is 0 Å². The summed E-state index contributed by atoms with van der Waals surface area (Å²) in [6.45, 7) is 0. The molecule has 0 aliphatic heterocycles. The second-order valence-corrected chi connectivity index (χ2v) is 5.32. The lowest BCUT2D eigenvalue weighted by atomic mass is 10.3. The molecule has 2 heterocycles. The highest BCUT2D eigenvalue weighted by Gasteiger charge is 2.12. The molecule has 0 aliphatic carbocycles. The minimum atomic E-state index is -0.666. The van der Waals surface area contributed by atoms with Crippen LogP contribution < -0.4 is 5.73 Å². The number of para-hydroxylation sites is 1. The Kier molecular flexibility index (Phi) is 4.01. The molecule has 0 bridgehead atoms. The van der Waals surface area contributed by atoms with Crippen LogP contribution in [0.4, 0.5) is 14.6 Å². The minimum Gasteiger partial charge on any atom is -0.381 e. The first kappa shape index (κ1) is 14.5. The first-order valence-electron chi connectivity index (χ1n) is 6.33. The lowest BCUT2D eigenvalue weighted by molar-refractivity contribution is 0.559. The minimum absolute atomic E-state index is 0.197. The number of benzene rings is 1. The molecule has 2 aromatic heterocycles. The maximum Gasteiger partial charge on any atom is 0.156 e. The Morgan fingerprint density at radius 1 is 1.09 bits per heavy atom. The Balaban J connectivity index is 1.79. The number of nitrogens with zero attached hydrogens (tertiary/aromatic N) is 4. The van der Waals surface area contributed by atoms with Crippen molar-refractivity contribution in [1.82, 2.24) is 19.7 Å². The Bertz CT molecular complexity index is 785. The van der Waals surface area contributed by atoms with Gasteiger partial charge in [-0.1, -0.05) is 17.8 Å². The molecule has 5 nitrogen and oxygen atoms in total. The highest BCUT2D eigenvalue weighted by atomic mass is 32.2. The first-order chi connectivity index (χ1) is 10.6. The molecule has 0 aliphatic rings. The second kappa shape index (κ2) is 6.10. The number of rotatable bonds is 4. The van der Waals surface area contributed by atoms with Crippen LogP contribution in [-0.2, 0) is 5.75 Å². The van der Waals surface area contributed by atoms with Gasteiger partial charge in [0, 0.05) is 24.3 Å². The molecule has 0 atom stereocenters. The molecule has 3 rings (SSSR count). The van der Waals surface area contributed by atoms with Crippen LogP contribution in [-0.4, -0.2) is 19.7 Å². The highest BCUT2D eigenvalue weighted by Crippen LogP contribution is 2.24. The number of anilines is 1. The fraction of sp³-hybridized carbons (Fsp3) is 0.0714. The first-order valence-corrected chi connectivity index (χ1v) is 7.32. The Morgan fingerprint density at radius 2 is 1.82 bits per heavy atom. The van der Waals surface area contributed by atoms with E-state index in [2.05, 4.69) is 15.1 Å². The van der Waals surface area contributed by atoms with E-state index in [1.54, 1.807) is 12.3 Å². The molecule has 2 N–H and O–H groups in total. The van der Waals surface area contributed by atoms with Gasteiger partial charge in [-0.15, -0.1) is 0 Å². The summed E-state index contributed by atoms with van der Waals surface area (Å²) in [4.78, 5) is 8.04. The van der Waals surface area contributed by atoms with Crippen LogP contribution in [0.15, 0.2) is 47.9 Å². The normalized spacial score (nSPS) is 10.8. The molecular weight excluding hydrogens is 308 g/mol. The lowest BCUT2D eigenvalue weighted by Gasteiger charge is -2.04. The molecular formula is C14H11F2N5S. The van der Waals surface area contributed by atoms with Crippen molar-refractivity contribution in [3.63, 3.8) is 0 Å². The van der Waals surface area contributed by atoms with E-state index in [9.17, 15) is 8.78 Å². The third-order valence-corrected chi connectivity index (χ3v) is 3.89. The summed E-state index contributed by atoms with van der Waals surface area (Å²) in [6.07, 6.45) is 4.57. The standard InChI is InChI=1S/C14H11F2N5S/c15-10-2-1-3-11(16)12(10)21-7-4-9(20-21)8-22-14-13(17)18-5-6-19-14/h1-7H,8H2,(H2,17,18). The van der Waals surface area contributed by atoms with E-state index in [0.29, 0.717) is 22.3 Å². The van der Waals surface area contributed by atoms with Crippen molar-refractivity contribution in [2.45, 2.75) is 10.8 Å². The maximum absolute atomic E-state index is 13.7. The molecule has 1 aromatic carbocycles. The second-order valence-electron chi connectivity index (χ2n) is 4.36. The van der Waals surface area contributed by atoms with Crippen molar-refractivity contribution >= 4 is 17.6 Å². The summed E-state index contributed by atoms with van der Waals surface area (Å²) in [5.74, 6) is -0.528. The Hall–Kier alpha value is -2.48. The molecule has 112 valence electrons. The predicted molar refractivity (Wildman–Crippen MR) is 79.5 cm³/mol. The van der Waals surface area contributed by atoms with Gasteiger partial charge in [-0.05, 0) is 18.2 Å². The van der Waals surface area contributed by atoms with Crippen LogP contribution in [0, 0.1) is 11.6 Å². The summed E-state index contributed by atoms with van der Waals surface area (Å²) < 4.78 is 28.6. The third kappa shape index (κ3) is 2.91. The van der Waals surface area contributed by atoms with Gasteiger partial charge in [-0.3, -0.25) is 0 Å². The largest absolute Gasteiger partial charge is 0.381 e. The topological polar surface area (TPSA) is 69.6 Å². The lowest BCUT2D eigenvalue weighted by Crippen LogP contribution is -2.02. The number of thioether (sulfide) groups is 1. The van der Waals surface area contributed by atoms with Crippen LogP contribution in [0.25, 0.3) is 5.69 Å². The van der Waals surface area contributed by atoms with Gasteiger partial charge in [-0.25, -0.2) is 23.4 Å². The summed E-state index contributed by atoms with van der Waals surface area (Å²) in [6, 6.07) is 5.38. The van der Waals surface area contributed by atoms with Gasteiger partial charge < -0.3 is 5.73 Å². The monoisotopic (exact) mass is 319 g/mol. The smallest absolute Gasteiger partial charge is 0.156 e. The van der Waals surface area contributed by atoms with Crippen LogP contribution in [0.3, 0.4) is 0 Å². The zero-order valence-electron chi connectivity index (χ0n) is 11.3. The van der Waals surface area contributed by atoms with Gasteiger partial charge in [0.15, 0.2) is 17.5 Å². The predicted octanol–water partition coefficient (Wildman–Crippen LogP) is 2.82. The van der Waals surface area contributed by atoms with Crippen LogP contribution in [0.1, 0.15) is 5.69 Å². The van der Waals surface area contributed by atoms with Crippen molar-refractivity contribution in [3.05, 3.63) is 60.2 Å². The van der Waals surface area contributed by atoms with Gasteiger partial charge >= 0.3 is 0 Å². The van der Waals surface area contributed by atoms with E-state index in [1.165, 1.54) is 47.0 Å². The number of aromatic nitrogens is 4. The van der Waals surface area contributed by atoms with Crippen LogP contribution >= 0.6 is 11.8 Å². The van der Waals surface area contributed by atoms with E-state index in [1.807, 2.05) is 0 Å². The SMILES string of the molecule is Nc1nccnc1SCc1ccn(-c2c(F)cccc2F)n1. The van der Waals surface area contributed by atoms with Gasteiger partial charge in [0.1, 0.15) is 10.7 Å². The molecule has 0 saturated heterocycles. The molecule has 0 saturated carbocycles. The van der Waals surface area contributed by atoms with E-state index >= 15 is 0 Å². The summed E-state index contributed by atoms with van der Waals surface area (Å²) in [5.41, 5.74) is 6.16. The fourth-order valence-corrected chi connectivity index (χ4v) is 2.64. The van der Waals surface area contributed by atoms with E-state index in [0.717, 1.165) is 0 Å².